The van der Waals surface area contributed by atoms with Crippen LogP contribution in [0.4, 0.5) is 0 Å². The highest BCUT2D eigenvalue weighted by atomic mass is 16.4. The number of amides is 1. The van der Waals surface area contributed by atoms with Gasteiger partial charge in [-0.25, -0.2) is 0 Å². The van der Waals surface area contributed by atoms with Gasteiger partial charge in [0.15, 0.2) is 0 Å². The molecule has 0 saturated carbocycles. The number of unbranched alkanes of at least 4 members (excludes halogenated alkanes) is 2. The Hall–Kier alpha value is -1.10. The maximum Gasteiger partial charge on any atom is 0.303 e. The number of aliphatic carboxylic acids is 1. The molecular formula is C10H19NO4. The van der Waals surface area contributed by atoms with E-state index in [1.165, 1.54) is 0 Å². The summed E-state index contributed by atoms with van der Waals surface area (Å²) in [6.45, 7) is 0.790. The van der Waals surface area contributed by atoms with E-state index in [4.69, 9.17) is 10.2 Å². The van der Waals surface area contributed by atoms with E-state index >= 15 is 0 Å². The SMILES string of the molecule is O=C(O)CCCC(=O)NCCCCCO. The molecule has 0 fully saturated rings. The maximum atomic E-state index is 11.1. The van der Waals surface area contributed by atoms with Crippen molar-refractivity contribution in [2.24, 2.45) is 0 Å². The summed E-state index contributed by atoms with van der Waals surface area (Å²) in [6, 6.07) is 0. The Morgan fingerprint density at radius 1 is 1.00 bits per heavy atom. The van der Waals surface area contributed by atoms with E-state index in [0.29, 0.717) is 13.0 Å². The second kappa shape index (κ2) is 9.45. The van der Waals surface area contributed by atoms with Crippen molar-refractivity contribution >= 4 is 11.9 Å². The second-order valence-electron chi connectivity index (χ2n) is 3.38. The normalized spacial score (nSPS) is 9.93. The van der Waals surface area contributed by atoms with Gasteiger partial charge >= 0.3 is 5.97 Å². The highest BCUT2D eigenvalue weighted by Crippen LogP contribution is 1.96. The third kappa shape index (κ3) is 10.8. The van der Waals surface area contributed by atoms with E-state index in [9.17, 15) is 9.59 Å². The van der Waals surface area contributed by atoms with Crippen LogP contribution in [0.3, 0.4) is 0 Å². The summed E-state index contributed by atoms with van der Waals surface area (Å²) in [6.07, 6.45) is 3.20. The van der Waals surface area contributed by atoms with Crippen molar-refractivity contribution in [3.05, 3.63) is 0 Å². The fourth-order valence-corrected chi connectivity index (χ4v) is 1.13. The zero-order valence-electron chi connectivity index (χ0n) is 8.87. The van der Waals surface area contributed by atoms with Crippen LogP contribution in [0, 0.1) is 0 Å². The molecule has 0 bridgehead atoms. The lowest BCUT2D eigenvalue weighted by atomic mass is 10.2. The summed E-state index contributed by atoms with van der Waals surface area (Å²) < 4.78 is 0. The Labute approximate surface area is 89.5 Å². The average Bonchev–Trinajstić information content (AvgIpc) is 2.17. The van der Waals surface area contributed by atoms with E-state index in [0.717, 1.165) is 19.3 Å². The Morgan fingerprint density at radius 2 is 1.73 bits per heavy atom. The molecule has 5 nitrogen and oxygen atoms in total. The fraction of sp³-hybridized carbons (Fsp3) is 0.800. The number of hydrogen-bond acceptors (Lipinski definition) is 3. The van der Waals surface area contributed by atoms with E-state index in [1.807, 2.05) is 0 Å². The predicted octanol–water partition coefficient (Wildman–Crippen LogP) is 0.520. The zero-order valence-corrected chi connectivity index (χ0v) is 8.87. The van der Waals surface area contributed by atoms with Gasteiger partial charge < -0.3 is 15.5 Å². The minimum Gasteiger partial charge on any atom is -0.481 e. The molecule has 88 valence electrons. The molecule has 1 amide bonds. The van der Waals surface area contributed by atoms with Gasteiger partial charge in [0.1, 0.15) is 0 Å². The first-order valence-corrected chi connectivity index (χ1v) is 5.26. The summed E-state index contributed by atoms with van der Waals surface area (Å²) in [5.41, 5.74) is 0. The summed E-state index contributed by atoms with van der Waals surface area (Å²) in [7, 11) is 0. The van der Waals surface area contributed by atoms with Gasteiger partial charge in [-0.3, -0.25) is 9.59 Å². The second-order valence-corrected chi connectivity index (χ2v) is 3.38. The van der Waals surface area contributed by atoms with E-state index in [-0.39, 0.29) is 25.4 Å². The quantitative estimate of drug-likeness (QED) is 0.491. The minimum atomic E-state index is -0.870. The van der Waals surface area contributed by atoms with Crippen molar-refractivity contribution in [3.63, 3.8) is 0 Å². The van der Waals surface area contributed by atoms with Gasteiger partial charge in [-0.2, -0.15) is 0 Å². The van der Waals surface area contributed by atoms with Crippen molar-refractivity contribution in [2.75, 3.05) is 13.2 Å². The molecule has 0 spiro atoms. The van der Waals surface area contributed by atoms with Gasteiger partial charge in [-0.05, 0) is 25.7 Å². The fourth-order valence-electron chi connectivity index (χ4n) is 1.13. The molecule has 0 aliphatic carbocycles. The van der Waals surface area contributed by atoms with Crippen LogP contribution in [0.1, 0.15) is 38.5 Å². The summed E-state index contributed by atoms with van der Waals surface area (Å²) in [5, 5.41) is 19.5. The Kier molecular flexibility index (Phi) is 8.76. The topological polar surface area (TPSA) is 86.6 Å². The summed E-state index contributed by atoms with van der Waals surface area (Å²) in [4.78, 5) is 21.3. The van der Waals surface area contributed by atoms with Gasteiger partial charge in [-0.1, -0.05) is 0 Å². The molecule has 0 rings (SSSR count). The molecular weight excluding hydrogens is 198 g/mol. The first-order chi connectivity index (χ1) is 7.16. The number of carbonyl (C=O) groups excluding carboxylic acids is 1. The van der Waals surface area contributed by atoms with Gasteiger partial charge in [0.2, 0.25) is 5.91 Å². The smallest absolute Gasteiger partial charge is 0.303 e. The van der Waals surface area contributed by atoms with E-state index in [1.54, 1.807) is 0 Å². The standard InChI is InChI=1S/C10H19NO4/c12-8-3-1-2-7-11-9(13)5-4-6-10(14)15/h12H,1-8H2,(H,11,13)(H,14,15). The minimum absolute atomic E-state index is 0.0396. The van der Waals surface area contributed by atoms with Crippen LogP contribution in [0.25, 0.3) is 0 Å². The molecule has 0 aromatic heterocycles. The highest BCUT2D eigenvalue weighted by Gasteiger charge is 2.02. The van der Waals surface area contributed by atoms with Crippen LogP contribution in [-0.2, 0) is 9.59 Å². The van der Waals surface area contributed by atoms with Crippen molar-refractivity contribution < 1.29 is 19.8 Å². The molecule has 0 radical (unpaired) electrons. The number of aliphatic hydroxyl groups is 1. The van der Waals surface area contributed by atoms with E-state index < -0.39 is 5.97 Å². The number of carbonyl (C=O) groups is 2. The third-order valence-corrected chi connectivity index (χ3v) is 1.95. The average molecular weight is 217 g/mol. The Bertz CT molecular complexity index is 194. The van der Waals surface area contributed by atoms with Gasteiger partial charge in [-0.15, -0.1) is 0 Å². The Balaban J connectivity index is 3.22. The number of carboxylic acids is 1. The summed E-state index contributed by atoms with van der Waals surface area (Å²) >= 11 is 0. The number of aliphatic hydroxyl groups excluding tert-OH is 1. The molecule has 3 N–H and O–H groups in total. The zero-order chi connectivity index (χ0) is 11.5. The number of carboxylic acid groups (broad SMARTS) is 1. The molecule has 0 aliphatic rings. The maximum absolute atomic E-state index is 11.1. The number of rotatable bonds is 9. The molecule has 0 aromatic carbocycles. The molecule has 0 aliphatic heterocycles. The molecule has 0 heterocycles. The molecule has 0 unspecified atom stereocenters. The number of hydrogen-bond donors (Lipinski definition) is 3. The van der Waals surface area contributed by atoms with Crippen LogP contribution in [0.5, 0.6) is 0 Å². The van der Waals surface area contributed by atoms with Crippen molar-refractivity contribution in [2.45, 2.75) is 38.5 Å². The van der Waals surface area contributed by atoms with Gasteiger partial charge in [0.25, 0.3) is 0 Å². The first kappa shape index (κ1) is 13.9. The lowest BCUT2D eigenvalue weighted by Gasteiger charge is -2.03. The largest absolute Gasteiger partial charge is 0.481 e. The first-order valence-electron chi connectivity index (χ1n) is 5.26. The summed E-state index contributed by atoms with van der Waals surface area (Å²) in [5.74, 6) is -0.967. The number of nitrogens with one attached hydrogen (secondary N) is 1. The van der Waals surface area contributed by atoms with Crippen LogP contribution >= 0.6 is 0 Å². The van der Waals surface area contributed by atoms with Crippen LogP contribution < -0.4 is 5.32 Å². The van der Waals surface area contributed by atoms with Gasteiger partial charge in [0.05, 0.1) is 0 Å². The van der Waals surface area contributed by atoms with Crippen molar-refractivity contribution in [1.29, 1.82) is 0 Å². The predicted molar refractivity (Wildman–Crippen MR) is 55.4 cm³/mol. The Morgan fingerprint density at radius 3 is 2.33 bits per heavy atom. The van der Waals surface area contributed by atoms with Crippen LogP contribution in [0.2, 0.25) is 0 Å². The third-order valence-electron chi connectivity index (χ3n) is 1.95. The lowest BCUT2D eigenvalue weighted by Crippen LogP contribution is -2.24. The van der Waals surface area contributed by atoms with Crippen LogP contribution in [0.15, 0.2) is 0 Å². The molecule has 15 heavy (non-hydrogen) atoms. The molecule has 0 saturated heterocycles. The lowest BCUT2D eigenvalue weighted by molar-refractivity contribution is -0.137. The van der Waals surface area contributed by atoms with Gasteiger partial charge in [0, 0.05) is 26.0 Å². The molecule has 5 heteroatoms. The molecule has 0 atom stereocenters. The monoisotopic (exact) mass is 217 g/mol. The van der Waals surface area contributed by atoms with Crippen LogP contribution in [-0.4, -0.2) is 35.2 Å². The molecule has 0 aromatic rings. The van der Waals surface area contributed by atoms with Crippen molar-refractivity contribution in [1.82, 2.24) is 5.32 Å². The van der Waals surface area contributed by atoms with E-state index in [2.05, 4.69) is 5.32 Å². The highest BCUT2D eigenvalue weighted by molar-refractivity contribution is 5.76. The van der Waals surface area contributed by atoms with Crippen molar-refractivity contribution in [3.8, 4) is 0 Å².